The highest BCUT2D eigenvalue weighted by atomic mass is 31.2. The molecule has 5 rings (SSSR count). The molecule has 0 heterocycles. The van der Waals surface area contributed by atoms with Crippen LogP contribution >= 0.6 is 7.26 Å². The summed E-state index contributed by atoms with van der Waals surface area (Å²) in [6.07, 6.45) is 0.341. The van der Waals surface area contributed by atoms with Crippen LogP contribution in [0.1, 0.15) is 26.3 Å². The lowest BCUT2D eigenvalue weighted by Gasteiger charge is -2.27. The van der Waals surface area contributed by atoms with Gasteiger partial charge in [0.15, 0.2) is 5.78 Å². The lowest BCUT2D eigenvalue weighted by Crippen LogP contribution is -2.35. The molecule has 0 amide bonds. The van der Waals surface area contributed by atoms with E-state index in [1.54, 1.807) is 30.3 Å². The Morgan fingerprint density at radius 2 is 0.833 bits per heavy atom. The SMILES string of the molecule is O=C(C[P+](c1ccccc1)(c1ccccc1)c1ccccc1)c1cccc(C(=O)c2ccccc2)c1. The van der Waals surface area contributed by atoms with Crippen LogP contribution in [0.3, 0.4) is 0 Å². The van der Waals surface area contributed by atoms with Gasteiger partial charge in [0.05, 0.1) is 0 Å². The van der Waals surface area contributed by atoms with Gasteiger partial charge in [0.2, 0.25) is 5.78 Å². The molecule has 5 aromatic carbocycles. The highest BCUT2D eigenvalue weighted by Gasteiger charge is 2.47. The van der Waals surface area contributed by atoms with Crippen LogP contribution in [0, 0.1) is 0 Å². The topological polar surface area (TPSA) is 34.1 Å². The number of carbonyl (C=O) groups excluding carboxylic acids is 2. The standard InChI is InChI=1S/C33H26O2P/c34-32(27-16-13-17-28(24-27)33(35)26-14-5-1-6-15-26)25-36(29-18-7-2-8-19-29,30-20-9-3-10-21-30)31-22-11-4-12-23-31/h1-24H,25H2/q+1. The summed E-state index contributed by atoms with van der Waals surface area (Å²) in [4.78, 5) is 27.1. The number of benzene rings is 5. The lowest BCUT2D eigenvalue weighted by molar-refractivity contribution is 0.102. The first-order valence-corrected chi connectivity index (χ1v) is 13.9. The third-order valence-corrected chi connectivity index (χ3v) is 10.8. The number of ketones is 2. The molecule has 0 N–H and O–H groups in total. The van der Waals surface area contributed by atoms with E-state index in [2.05, 4.69) is 36.4 Å². The monoisotopic (exact) mass is 485 g/mol. The minimum Gasteiger partial charge on any atom is -0.290 e. The molecule has 0 radical (unpaired) electrons. The first-order chi connectivity index (χ1) is 17.7. The molecule has 0 saturated carbocycles. The van der Waals surface area contributed by atoms with E-state index >= 15 is 0 Å². The molecule has 5 aromatic rings. The first kappa shape index (κ1) is 23.6. The normalized spacial score (nSPS) is 11.1. The molecular weight excluding hydrogens is 459 g/mol. The fourth-order valence-electron chi connectivity index (χ4n) is 4.67. The van der Waals surface area contributed by atoms with Gasteiger partial charge in [-0.2, -0.15) is 0 Å². The van der Waals surface area contributed by atoms with E-state index in [4.69, 9.17) is 0 Å². The van der Waals surface area contributed by atoms with Gasteiger partial charge < -0.3 is 0 Å². The van der Waals surface area contributed by atoms with Crippen LogP contribution < -0.4 is 15.9 Å². The highest BCUT2D eigenvalue weighted by Crippen LogP contribution is 2.55. The Hall–Kier alpha value is -4.13. The molecule has 0 saturated heterocycles. The summed E-state index contributed by atoms with van der Waals surface area (Å²) in [6.45, 7) is 0. The smallest absolute Gasteiger partial charge is 0.201 e. The van der Waals surface area contributed by atoms with Gasteiger partial charge in [-0.05, 0) is 42.5 Å². The maximum absolute atomic E-state index is 14.0. The van der Waals surface area contributed by atoms with Crippen molar-refractivity contribution in [2.75, 3.05) is 6.16 Å². The van der Waals surface area contributed by atoms with Crippen LogP contribution in [0.15, 0.2) is 146 Å². The van der Waals surface area contributed by atoms with Gasteiger partial charge in [0.25, 0.3) is 0 Å². The molecule has 0 fully saturated rings. The third-order valence-electron chi connectivity index (χ3n) is 6.45. The highest BCUT2D eigenvalue weighted by molar-refractivity contribution is 7.96. The van der Waals surface area contributed by atoms with Crippen LogP contribution in [-0.4, -0.2) is 17.7 Å². The second-order valence-corrected chi connectivity index (χ2v) is 12.2. The van der Waals surface area contributed by atoms with Crippen LogP contribution in [0.5, 0.6) is 0 Å². The molecule has 3 heteroatoms. The maximum atomic E-state index is 14.0. The first-order valence-electron chi connectivity index (χ1n) is 12.0. The van der Waals surface area contributed by atoms with E-state index in [-0.39, 0.29) is 11.6 Å². The predicted molar refractivity (Wildman–Crippen MR) is 151 cm³/mol. The van der Waals surface area contributed by atoms with Crippen molar-refractivity contribution in [3.63, 3.8) is 0 Å². The van der Waals surface area contributed by atoms with Crippen LogP contribution in [0.2, 0.25) is 0 Å². The number of carbonyl (C=O) groups is 2. The van der Waals surface area contributed by atoms with Gasteiger partial charge in [-0.25, -0.2) is 0 Å². The van der Waals surface area contributed by atoms with Gasteiger partial charge in [-0.1, -0.05) is 103 Å². The van der Waals surface area contributed by atoms with Crippen molar-refractivity contribution in [2.45, 2.75) is 0 Å². The second-order valence-electron chi connectivity index (χ2n) is 8.67. The summed E-state index contributed by atoms with van der Waals surface area (Å²) in [5.41, 5.74) is 1.70. The van der Waals surface area contributed by atoms with Gasteiger partial charge in [-0.15, -0.1) is 0 Å². The van der Waals surface area contributed by atoms with Crippen molar-refractivity contribution >= 4 is 34.7 Å². The molecule has 2 nitrogen and oxygen atoms in total. The number of hydrogen-bond donors (Lipinski definition) is 0. The van der Waals surface area contributed by atoms with Gasteiger partial charge >= 0.3 is 0 Å². The molecule has 0 spiro atoms. The summed E-state index contributed by atoms with van der Waals surface area (Å²) in [7, 11) is -2.31. The molecular formula is C33H26O2P+. The minimum absolute atomic E-state index is 0.0302. The van der Waals surface area contributed by atoms with E-state index in [1.165, 1.54) is 0 Å². The van der Waals surface area contributed by atoms with Crippen molar-refractivity contribution in [2.24, 2.45) is 0 Å². The Kier molecular flexibility index (Phi) is 6.98. The van der Waals surface area contributed by atoms with Crippen molar-refractivity contribution in [1.82, 2.24) is 0 Å². The average Bonchev–Trinajstić information content (AvgIpc) is 2.97. The minimum atomic E-state index is -2.31. The van der Waals surface area contributed by atoms with E-state index < -0.39 is 7.26 Å². The van der Waals surface area contributed by atoms with E-state index in [1.807, 2.05) is 78.9 Å². The lowest BCUT2D eigenvalue weighted by atomic mass is 10.0. The molecule has 0 unspecified atom stereocenters. The van der Waals surface area contributed by atoms with E-state index in [0.29, 0.717) is 22.9 Å². The molecule has 0 aliphatic carbocycles. The summed E-state index contributed by atoms with van der Waals surface area (Å²) < 4.78 is 0. The largest absolute Gasteiger partial charge is 0.290 e. The zero-order chi connectivity index (χ0) is 24.8. The molecule has 0 aliphatic rings. The Labute approximate surface area is 212 Å². The van der Waals surface area contributed by atoms with Gasteiger partial charge in [0.1, 0.15) is 29.3 Å². The second kappa shape index (κ2) is 10.6. The molecule has 0 aliphatic heterocycles. The quantitative estimate of drug-likeness (QED) is 0.197. The summed E-state index contributed by atoms with van der Waals surface area (Å²) in [5, 5.41) is 3.48. The predicted octanol–water partition coefficient (Wildman–Crippen LogP) is 6.09. The van der Waals surface area contributed by atoms with Crippen LogP contribution in [0.25, 0.3) is 0 Å². The van der Waals surface area contributed by atoms with Crippen molar-refractivity contribution in [3.05, 3.63) is 162 Å². The summed E-state index contributed by atoms with van der Waals surface area (Å²) >= 11 is 0. The number of hydrogen-bond acceptors (Lipinski definition) is 2. The Balaban J connectivity index is 1.61. The van der Waals surface area contributed by atoms with Crippen LogP contribution in [-0.2, 0) is 0 Å². The maximum Gasteiger partial charge on any atom is 0.201 e. The molecule has 174 valence electrons. The van der Waals surface area contributed by atoms with E-state index in [9.17, 15) is 9.59 Å². The summed E-state index contributed by atoms with van der Waals surface area (Å²) in [6, 6.07) is 47.4. The van der Waals surface area contributed by atoms with Crippen molar-refractivity contribution in [1.29, 1.82) is 0 Å². The van der Waals surface area contributed by atoms with Crippen molar-refractivity contribution in [3.8, 4) is 0 Å². The number of Topliss-reactive ketones (excluding diaryl/α,β-unsaturated/α-hetero) is 1. The third kappa shape index (κ3) is 4.69. The zero-order valence-corrected chi connectivity index (χ0v) is 20.7. The fraction of sp³-hybridized carbons (Fsp3) is 0.0303. The van der Waals surface area contributed by atoms with Gasteiger partial charge in [0, 0.05) is 16.7 Å². The zero-order valence-electron chi connectivity index (χ0n) is 19.8. The van der Waals surface area contributed by atoms with E-state index in [0.717, 1.165) is 15.9 Å². The van der Waals surface area contributed by atoms with Gasteiger partial charge in [-0.3, -0.25) is 9.59 Å². The summed E-state index contributed by atoms with van der Waals surface area (Å²) in [5.74, 6) is -0.0527. The van der Waals surface area contributed by atoms with Crippen LogP contribution in [0.4, 0.5) is 0 Å². The Morgan fingerprint density at radius 3 is 1.31 bits per heavy atom. The average molecular weight is 486 g/mol. The molecule has 0 atom stereocenters. The molecule has 36 heavy (non-hydrogen) atoms. The molecule has 0 bridgehead atoms. The van der Waals surface area contributed by atoms with Crippen molar-refractivity contribution < 1.29 is 9.59 Å². The fourth-order valence-corrected chi connectivity index (χ4v) is 8.76. The molecule has 0 aromatic heterocycles. The Bertz CT molecular complexity index is 1370. The Morgan fingerprint density at radius 1 is 0.444 bits per heavy atom. The number of rotatable bonds is 8.